The van der Waals surface area contributed by atoms with E-state index in [4.69, 9.17) is 16.3 Å². The van der Waals surface area contributed by atoms with Gasteiger partial charge in [-0.25, -0.2) is 4.79 Å². The van der Waals surface area contributed by atoms with Crippen molar-refractivity contribution in [2.75, 3.05) is 12.4 Å². The fraction of sp³-hybridized carbons (Fsp3) is 0.222. The second-order valence-electron chi connectivity index (χ2n) is 5.27. The Hall–Kier alpha value is -1.85. The number of esters is 1. The van der Waals surface area contributed by atoms with Gasteiger partial charge in [0.25, 0.3) is 0 Å². The van der Waals surface area contributed by atoms with Gasteiger partial charge in [0.2, 0.25) is 5.91 Å². The normalized spacial score (nSPS) is 11.7. The van der Waals surface area contributed by atoms with Gasteiger partial charge >= 0.3 is 5.97 Å². The largest absolute Gasteiger partial charge is 0.465 e. The summed E-state index contributed by atoms with van der Waals surface area (Å²) < 4.78 is 4.72. The maximum absolute atomic E-state index is 12.3. The van der Waals surface area contributed by atoms with Gasteiger partial charge in [-0.05, 0) is 36.2 Å². The summed E-state index contributed by atoms with van der Waals surface area (Å²) >= 11 is 9.47. The first-order valence-electron chi connectivity index (χ1n) is 7.31. The number of rotatable bonds is 5. The Bertz CT molecular complexity index is 762. The van der Waals surface area contributed by atoms with Crippen LogP contribution in [0.25, 0.3) is 0 Å². The van der Waals surface area contributed by atoms with Crippen molar-refractivity contribution in [3.63, 3.8) is 0 Å². The summed E-state index contributed by atoms with van der Waals surface area (Å²) in [5.74, 6) is -0.765. The third-order valence-electron chi connectivity index (χ3n) is 3.44. The molecule has 126 valence electrons. The molecule has 24 heavy (non-hydrogen) atoms. The highest BCUT2D eigenvalue weighted by Crippen LogP contribution is 2.24. The van der Waals surface area contributed by atoms with Crippen LogP contribution in [0.3, 0.4) is 0 Å². The first kappa shape index (κ1) is 18.5. The number of carbonyl (C=O) groups excluding carboxylic acids is 2. The predicted molar refractivity (Wildman–Crippen MR) is 98.9 cm³/mol. The minimum absolute atomic E-state index is 0.195. The molecule has 2 aromatic carbocycles. The molecule has 0 bridgehead atoms. The van der Waals surface area contributed by atoms with Crippen LogP contribution in [-0.2, 0) is 16.0 Å². The smallest absolute Gasteiger partial charge is 0.339 e. The topological polar surface area (TPSA) is 55.4 Å². The zero-order valence-corrected chi connectivity index (χ0v) is 15.6. The second-order valence-corrected chi connectivity index (χ2v) is 7.08. The molecule has 0 spiro atoms. The van der Waals surface area contributed by atoms with Crippen LogP contribution in [0.1, 0.15) is 33.2 Å². The van der Waals surface area contributed by atoms with Crippen molar-refractivity contribution in [3.8, 4) is 0 Å². The highest BCUT2D eigenvalue weighted by Gasteiger charge is 2.15. The van der Waals surface area contributed by atoms with Crippen LogP contribution >= 0.6 is 27.5 Å². The molecule has 0 aromatic heterocycles. The van der Waals surface area contributed by atoms with Crippen LogP contribution in [0.15, 0.2) is 42.5 Å². The maximum Gasteiger partial charge on any atom is 0.339 e. The molecular formula is C18H17BrClNO3. The Morgan fingerprint density at radius 1 is 1.25 bits per heavy atom. The molecule has 0 aliphatic carbocycles. The minimum atomic E-state index is -0.530. The number of hydrogen-bond acceptors (Lipinski definition) is 3. The second kappa shape index (κ2) is 8.31. The molecule has 0 saturated carbocycles. The molecule has 0 fully saturated rings. The van der Waals surface area contributed by atoms with Gasteiger partial charge in [0.1, 0.15) is 0 Å². The number of benzene rings is 2. The standard InChI is InChI=1S/C18H17BrClNO3/c1-11(19)13-5-3-4-12(8-13)9-17(22)21-16-10-14(20)6-7-15(16)18(23)24-2/h3-8,10-11H,9H2,1-2H3,(H,21,22). The molecule has 0 heterocycles. The van der Waals surface area contributed by atoms with E-state index in [2.05, 4.69) is 21.2 Å². The number of methoxy groups -OCH3 is 1. The van der Waals surface area contributed by atoms with E-state index < -0.39 is 5.97 Å². The number of halogens is 2. The third-order valence-corrected chi connectivity index (χ3v) is 4.20. The third kappa shape index (κ3) is 4.82. The number of amides is 1. The molecule has 4 nitrogen and oxygen atoms in total. The van der Waals surface area contributed by atoms with Gasteiger partial charge in [-0.1, -0.05) is 51.8 Å². The van der Waals surface area contributed by atoms with Crippen LogP contribution < -0.4 is 5.32 Å². The van der Waals surface area contributed by atoms with E-state index in [1.54, 1.807) is 6.07 Å². The molecule has 0 aliphatic heterocycles. The van der Waals surface area contributed by atoms with Crippen molar-refractivity contribution >= 4 is 45.1 Å². The van der Waals surface area contributed by atoms with Crippen molar-refractivity contribution in [2.24, 2.45) is 0 Å². The summed E-state index contributed by atoms with van der Waals surface area (Å²) in [4.78, 5) is 24.3. The van der Waals surface area contributed by atoms with Crippen LogP contribution in [-0.4, -0.2) is 19.0 Å². The average Bonchev–Trinajstić information content (AvgIpc) is 2.54. The van der Waals surface area contributed by atoms with E-state index in [0.717, 1.165) is 11.1 Å². The van der Waals surface area contributed by atoms with E-state index in [1.807, 2.05) is 31.2 Å². The molecule has 6 heteroatoms. The molecule has 0 saturated heterocycles. The number of alkyl halides is 1. The molecule has 1 unspecified atom stereocenters. The molecule has 0 aliphatic rings. The predicted octanol–water partition coefficient (Wildman–Crippen LogP) is 4.76. The van der Waals surface area contributed by atoms with Crippen molar-refractivity contribution in [2.45, 2.75) is 18.2 Å². The molecule has 1 N–H and O–H groups in total. The molecule has 1 atom stereocenters. The lowest BCUT2D eigenvalue weighted by atomic mass is 10.1. The van der Waals surface area contributed by atoms with Crippen LogP contribution in [0, 0.1) is 0 Å². The number of ether oxygens (including phenoxy) is 1. The van der Waals surface area contributed by atoms with E-state index in [-0.39, 0.29) is 22.7 Å². The summed E-state index contributed by atoms with van der Waals surface area (Å²) in [5, 5.41) is 3.15. The quantitative estimate of drug-likeness (QED) is 0.571. The first-order chi connectivity index (χ1) is 11.4. The van der Waals surface area contributed by atoms with Crippen LogP contribution in [0.4, 0.5) is 5.69 Å². The van der Waals surface area contributed by atoms with Gasteiger partial charge < -0.3 is 10.1 Å². The van der Waals surface area contributed by atoms with Crippen LogP contribution in [0.2, 0.25) is 5.02 Å². The van der Waals surface area contributed by atoms with Gasteiger partial charge in [0, 0.05) is 9.85 Å². The number of nitrogens with one attached hydrogen (secondary N) is 1. The van der Waals surface area contributed by atoms with Gasteiger partial charge in [-0.15, -0.1) is 0 Å². The van der Waals surface area contributed by atoms with E-state index in [0.29, 0.717) is 10.7 Å². The highest BCUT2D eigenvalue weighted by atomic mass is 79.9. The van der Waals surface area contributed by atoms with Crippen molar-refractivity contribution < 1.29 is 14.3 Å². The van der Waals surface area contributed by atoms with E-state index in [9.17, 15) is 9.59 Å². The SMILES string of the molecule is COC(=O)c1ccc(Cl)cc1NC(=O)Cc1cccc(C(C)Br)c1. The fourth-order valence-corrected chi connectivity index (χ4v) is 2.70. The highest BCUT2D eigenvalue weighted by molar-refractivity contribution is 9.09. The Balaban J connectivity index is 2.17. The summed E-state index contributed by atoms with van der Waals surface area (Å²) in [6.45, 7) is 2.02. The average molecular weight is 411 g/mol. The van der Waals surface area contributed by atoms with Crippen molar-refractivity contribution in [1.82, 2.24) is 0 Å². The number of hydrogen-bond donors (Lipinski definition) is 1. The summed E-state index contributed by atoms with van der Waals surface area (Å²) in [6.07, 6.45) is 0.195. The lowest BCUT2D eigenvalue weighted by Crippen LogP contribution is -2.17. The molecular weight excluding hydrogens is 394 g/mol. The fourth-order valence-electron chi connectivity index (χ4n) is 2.24. The number of anilines is 1. The summed E-state index contributed by atoms with van der Waals surface area (Å²) in [5.41, 5.74) is 2.58. The van der Waals surface area contributed by atoms with E-state index >= 15 is 0 Å². The Morgan fingerprint density at radius 2 is 2.00 bits per heavy atom. The Morgan fingerprint density at radius 3 is 2.67 bits per heavy atom. The zero-order valence-electron chi connectivity index (χ0n) is 13.3. The van der Waals surface area contributed by atoms with Gasteiger partial charge in [-0.2, -0.15) is 0 Å². The summed E-state index contributed by atoms with van der Waals surface area (Å²) in [6, 6.07) is 12.4. The van der Waals surface area contributed by atoms with Crippen molar-refractivity contribution in [3.05, 3.63) is 64.2 Å². The van der Waals surface area contributed by atoms with Gasteiger partial charge in [0.05, 0.1) is 24.8 Å². The molecule has 2 rings (SSSR count). The Labute approximate surface area is 154 Å². The molecule has 1 amide bonds. The van der Waals surface area contributed by atoms with Gasteiger partial charge in [0.15, 0.2) is 0 Å². The monoisotopic (exact) mass is 409 g/mol. The molecule has 0 radical (unpaired) electrons. The lowest BCUT2D eigenvalue weighted by Gasteiger charge is -2.11. The van der Waals surface area contributed by atoms with E-state index in [1.165, 1.54) is 19.2 Å². The lowest BCUT2D eigenvalue weighted by molar-refractivity contribution is -0.115. The minimum Gasteiger partial charge on any atom is -0.465 e. The zero-order chi connectivity index (χ0) is 17.7. The van der Waals surface area contributed by atoms with Gasteiger partial charge in [-0.3, -0.25) is 4.79 Å². The molecule has 2 aromatic rings. The van der Waals surface area contributed by atoms with Crippen molar-refractivity contribution in [1.29, 1.82) is 0 Å². The van der Waals surface area contributed by atoms with Crippen LogP contribution in [0.5, 0.6) is 0 Å². The summed E-state index contributed by atoms with van der Waals surface area (Å²) in [7, 11) is 1.29. The first-order valence-corrected chi connectivity index (χ1v) is 8.60. The Kier molecular flexibility index (Phi) is 6.40. The number of carbonyl (C=O) groups is 2. The maximum atomic E-state index is 12.3.